The Labute approximate surface area is 182 Å². The molecular weight excluding hydrogens is 415 g/mol. The zero-order chi connectivity index (χ0) is 21.9. The highest BCUT2D eigenvalue weighted by atomic mass is 32.2. The van der Waals surface area contributed by atoms with Crippen molar-refractivity contribution in [3.05, 3.63) is 0 Å². The van der Waals surface area contributed by atoms with Crippen molar-refractivity contribution in [2.75, 3.05) is 37.0 Å². The smallest absolute Gasteiger partial charge is 0.240 e. The van der Waals surface area contributed by atoms with E-state index in [0.717, 1.165) is 25.0 Å². The molecule has 4 N–H and O–H groups in total. The average Bonchev–Trinajstić information content (AvgIpc) is 2.69. The summed E-state index contributed by atoms with van der Waals surface area (Å²) in [5, 5.41) is 9.84. The predicted molar refractivity (Wildman–Crippen MR) is 117 cm³/mol. The molecule has 2 radical (unpaired) electrons. The van der Waals surface area contributed by atoms with E-state index in [-0.39, 0.29) is 37.1 Å². The molecule has 0 saturated heterocycles. The van der Waals surface area contributed by atoms with E-state index in [1.54, 1.807) is 11.8 Å². The number of amides is 4. The Bertz CT molecular complexity index is 552. The maximum Gasteiger partial charge on any atom is 0.240 e. The molecular formula is C17H29BN4O5S2. The predicted octanol–water partition coefficient (Wildman–Crippen LogP) is -0.893. The molecule has 0 saturated carbocycles. The molecule has 0 unspecified atom stereocenters. The first-order valence-corrected chi connectivity index (χ1v) is 11.2. The number of nitrogens with one attached hydrogen (secondary N) is 4. The molecule has 0 aromatic rings. The van der Waals surface area contributed by atoms with Crippen LogP contribution in [0.1, 0.15) is 38.5 Å². The van der Waals surface area contributed by atoms with Gasteiger partial charge in [-0.15, -0.1) is 11.8 Å². The van der Waals surface area contributed by atoms with Crippen LogP contribution in [0.4, 0.5) is 0 Å². The van der Waals surface area contributed by atoms with Crippen molar-refractivity contribution in [2.45, 2.75) is 38.5 Å². The van der Waals surface area contributed by atoms with E-state index >= 15 is 0 Å². The molecule has 0 aromatic heterocycles. The normalized spacial score (nSPS) is 10.1. The van der Waals surface area contributed by atoms with Crippen molar-refractivity contribution >= 4 is 61.5 Å². The summed E-state index contributed by atoms with van der Waals surface area (Å²) in [7, 11) is 5.05. The maximum atomic E-state index is 11.6. The minimum Gasteiger partial charge on any atom is -0.347 e. The van der Waals surface area contributed by atoms with Gasteiger partial charge in [0.25, 0.3) is 0 Å². The molecule has 4 amide bonds. The molecule has 29 heavy (non-hydrogen) atoms. The van der Waals surface area contributed by atoms with Crippen LogP contribution >= 0.6 is 24.4 Å². The molecule has 9 nitrogen and oxygen atoms in total. The number of hydrogen-bond donors (Lipinski definition) is 5. The van der Waals surface area contributed by atoms with Crippen molar-refractivity contribution < 1.29 is 24.0 Å². The lowest BCUT2D eigenvalue weighted by Gasteiger charge is -2.08. The minimum atomic E-state index is -0.503. The lowest BCUT2D eigenvalue weighted by atomic mass is 9.97. The Morgan fingerprint density at radius 1 is 0.690 bits per heavy atom. The van der Waals surface area contributed by atoms with Gasteiger partial charge < -0.3 is 26.1 Å². The molecule has 12 heteroatoms. The van der Waals surface area contributed by atoms with Crippen molar-refractivity contribution in [1.82, 2.24) is 21.3 Å². The summed E-state index contributed by atoms with van der Waals surface area (Å²) in [6, 6.07) is 0. The van der Waals surface area contributed by atoms with E-state index in [0.29, 0.717) is 30.9 Å². The van der Waals surface area contributed by atoms with Gasteiger partial charge in [-0.2, -0.15) is 12.6 Å². The number of thioether (sulfide) groups is 1. The van der Waals surface area contributed by atoms with Crippen LogP contribution in [0.25, 0.3) is 0 Å². The van der Waals surface area contributed by atoms with E-state index in [1.165, 1.54) is 0 Å². The zero-order valence-corrected chi connectivity index (χ0v) is 18.2. The Morgan fingerprint density at radius 2 is 1.24 bits per heavy atom. The number of carbonyl (C=O) groups excluding carboxylic acids is 5. The topological polar surface area (TPSA) is 133 Å². The van der Waals surface area contributed by atoms with Crippen LogP contribution in [-0.4, -0.2) is 74.2 Å². The second-order valence-electron chi connectivity index (χ2n) is 6.09. The third kappa shape index (κ3) is 19.4. The average molecular weight is 444 g/mol. The molecule has 0 spiro atoms. The maximum absolute atomic E-state index is 11.6. The molecule has 0 aliphatic rings. The van der Waals surface area contributed by atoms with Crippen LogP contribution < -0.4 is 21.3 Å². The Balaban J connectivity index is 3.61. The van der Waals surface area contributed by atoms with E-state index in [2.05, 4.69) is 33.9 Å². The molecule has 0 fully saturated rings. The van der Waals surface area contributed by atoms with Crippen molar-refractivity contribution in [2.24, 2.45) is 0 Å². The molecule has 0 aliphatic heterocycles. The monoisotopic (exact) mass is 444 g/mol. The lowest BCUT2D eigenvalue weighted by molar-refractivity contribution is -0.128. The Kier molecular flexibility index (Phi) is 17.3. The van der Waals surface area contributed by atoms with Gasteiger partial charge in [-0.05, 0) is 37.2 Å². The number of thiol groups is 1. The van der Waals surface area contributed by atoms with Gasteiger partial charge in [0, 0.05) is 6.42 Å². The van der Waals surface area contributed by atoms with E-state index in [1.807, 2.05) is 0 Å². The largest absolute Gasteiger partial charge is 0.347 e. The number of hydrogen-bond acceptors (Lipinski definition) is 7. The van der Waals surface area contributed by atoms with Crippen LogP contribution in [0.3, 0.4) is 0 Å². The van der Waals surface area contributed by atoms with Crippen LogP contribution in [0.2, 0.25) is 0 Å². The van der Waals surface area contributed by atoms with Gasteiger partial charge in [-0.1, -0.05) is 6.42 Å². The fraction of sp³-hybridized carbons (Fsp3) is 0.706. The quantitative estimate of drug-likeness (QED) is 0.0856. The van der Waals surface area contributed by atoms with Gasteiger partial charge in [0.2, 0.25) is 23.6 Å². The van der Waals surface area contributed by atoms with E-state index in [9.17, 15) is 24.0 Å². The van der Waals surface area contributed by atoms with Gasteiger partial charge in [0.15, 0.2) is 7.85 Å². The fourth-order valence-corrected chi connectivity index (χ4v) is 2.91. The van der Waals surface area contributed by atoms with Crippen molar-refractivity contribution in [3.8, 4) is 0 Å². The molecule has 0 atom stereocenters. The summed E-state index contributed by atoms with van der Waals surface area (Å²) >= 11 is 5.54. The first-order chi connectivity index (χ1) is 13.8. The molecule has 0 bridgehead atoms. The van der Waals surface area contributed by atoms with Gasteiger partial charge >= 0.3 is 0 Å². The van der Waals surface area contributed by atoms with Crippen molar-refractivity contribution in [1.29, 1.82) is 0 Å². The van der Waals surface area contributed by atoms with Crippen LogP contribution in [-0.2, 0) is 24.0 Å². The van der Waals surface area contributed by atoms with Gasteiger partial charge in [0.1, 0.15) is 0 Å². The van der Waals surface area contributed by atoms with Gasteiger partial charge in [-0.25, -0.2) is 0 Å². The third-order valence-electron chi connectivity index (χ3n) is 3.48. The SMILES string of the molecule is [B]C(=O)CCCCCSCNC(=O)CNC(=O)CNC(=O)CNC(=O)CCCS. The molecule has 0 aromatic carbocycles. The van der Waals surface area contributed by atoms with Gasteiger partial charge in [-0.3, -0.25) is 19.2 Å². The number of rotatable bonds is 17. The summed E-state index contributed by atoms with van der Waals surface area (Å²) in [4.78, 5) is 56.7. The summed E-state index contributed by atoms with van der Waals surface area (Å²) in [5.74, 6) is 0.288. The van der Waals surface area contributed by atoms with E-state index < -0.39 is 11.8 Å². The van der Waals surface area contributed by atoms with Crippen LogP contribution in [0.5, 0.6) is 0 Å². The van der Waals surface area contributed by atoms with Crippen LogP contribution in [0.15, 0.2) is 0 Å². The first kappa shape index (κ1) is 27.3. The van der Waals surface area contributed by atoms with Crippen LogP contribution in [0, 0.1) is 0 Å². The molecule has 0 heterocycles. The third-order valence-corrected chi connectivity index (χ3v) is 4.73. The number of unbranched alkanes of at least 4 members (excludes halogenated alkanes) is 2. The lowest BCUT2D eigenvalue weighted by Crippen LogP contribution is -2.44. The zero-order valence-electron chi connectivity index (χ0n) is 16.5. The summed E-state index contributed by atoms with van der Waals surface area (Å²) in [5.41, 5.74) is -0.293. The second-order valence-corrected chi connectivity index (χ2v) is 7.64. The molecule has 0 aliphatic carbocycles. The summed E-state index contributed by atoms with van der Waals surface area (Å²) < 4.78 is 0. The summed E-state index contributed by atoms with van der Waals surface area (Å²) in [6.07, 6.45) is 3.92. The Morgan fingerprint density at radius 3 is 1.79 bits per heavy atom. The van der Waals surface area contributed by atoms with Gasteiger partial charge in [0.05, 0.1) is 31.2 Å². The van der Waals surface area contributed by atoms with Crippen molar-refractivity contribution in [3.63, 3.8) is 0 Å². The standard InChI is InChI=1S/C17H29BN4O5S2/c18-13(23)5-2-1-3-8-29-12-22-17(27)11-21-16(26)10-20-15(25)9-19-14(24)6-4-7-28/h28H,1-12H2,(H,19,24)(H,20,25)(H,21,26)(H,22,27). The molecule has 162 valence electrons. The fourth-order valence-electron chi connectivity index (χ4n) is 1.94. The first-order valence-electron chi connectivity index (χ1n) is 9.38. The highest BCUT2D eigenvalue weighted by molar-refractivity contribution is 7.99. The highest BCUT2D eigenvalue weighted by Gasteiger charge is 2.09. The Hall–Kier alpha value is -1.69. The number of carbonyl (C=O) groups is 5. The molecule has 0 rings (SSSR count). The second kappa shape index (κ2) is 18.4. The van der Waals surface area contributed by atoms with E-state index in [4.69, 9.17) is 7.85 Å². The minimum absolute atomic E-state index is 0.186. The highest BCUT2D eigenvalue weighted by Crippen LogP contribution is 2.06. The summed E-state index contributed by atoms with van der Waals surface area (Å²) in [6.45, 7) is -0.675.